The first kappa shape index (κ1) is 19.4. The average Bonchev–Trinajstić information content (AvgIpc) is 2.60. The molecule has 140 valence electrons. The van der Waals surface area contributed by atoms with Crippen LogP contribution in [-0.4, -0.2) is 42.4 Å². The van der Waals surface area contributed by atoms with Gasteiger partial charge in [0.15, 0.2) is 0 Å². The molecule has 0 amide bonds. The molecule has 1 aromatic carbocycles. The van der Waals surface area contributed by atoms with Crippen LogP contribution in [0.4, 0.5) is 0 Å². The highest BCUT2D eigenvalue weighted by molar-refractivity contribution is 6.08. The van der Waals surface area contributed by atoms with Crippen LogP contribution in [0.5, 0.6) is 0 Å². The molecule has 3 nitrogen and oxygen atoms in total. The zero-order chi connectivity index (χ0) is 19.6. The van der Waals surface area contributed by atoms with Crippen molar-refractivity contribution in [3.05, 3.63) is 83.0 Å². The van der Waals surface area contributed by atoms with Gasteiger partial charge in [-0.25, -0.2) is 0 Å². The standard InChI is InChI=1S/C23H29BN2O/c1-16-8-10-25(19(4)23(16)27)13-18(3)26-14-21(15-26)12-22-6-5-20(7-9-24)11-17(22)2/h5-6,8,10-11,21,27H,1,3,7,9,12-15H2,2,4H3. The molecule has 0 aromatic heterocycles. The maximum absolute atomic E-state index is 10.1. The van der Waals surface area contributed by atoms with E-state index >= 15 is 0 Å². The van der Waals surface area contributed by atoms with E-state index in [1.54, 1.807) is 0 Å². The summed E-state index contributed by atoms with van der Waals surface area (Å²) in [6.07, 6.45) is 6.56. The maximum atomic E-state index is 10.1. The summed E-state index contributed by atoms with van der Waals surface area (Å²) >= 11 is 0. The molecule has 27 heavy (non-hydrogen) atoms. The molecule has 1 saturated heterocycles. The molecule has 0 spiro atoms. The van der Waals surface area contributed by atoms with Gasteiger partial charge in [0.25, 0.3) is 0 Å². The number of rotatable bonds is 7. The van der Waals surface area contributed by atoms with E-state index in [9.17, 15) is 5.11 Å². The summed E-state index contributed by atoms with van der Waals surface area (Å²) in [5.41, 5.74) is 6.71. The third kappa shape index (κ3) is 4.32. The molecule has 4 heteroatoms. The van der Waals surface area contributed by atoms with Gasteiger partial charge < -0.3 is 14.9 Å². The van der Waals surface area contributed by atoms with E-state index in [1.807, 2.05) is 24.1 Å². The first-order valence-electron chi connectivity index (χ1n) is 9.64. The lowest BCUT2D eigenvalue weighted by atomic mass is 9.88. The average molecular weight is 360 g/mol. The summed E-state index contributed by atoms with van der Waals surface area (Å²) in [5.74, 6) is 0.933. The number of aliphatic hydroxyl groups is 1. The van der Waals surface area contributed by atoms with Crippen LogP contribution < -0.4 is 0 Å². The van der Waals surface area contributed by atoms with Gasteiger partial charge in [0.1, 0.15) is 5.76 Å². The summed E-state index contributed by atoms with van der Waals surface area (Å²) in [6.45, 7) is 15.0. The lowest BCUT2D eigenvalue weighted by Crippen LogP contribution is -2.48. The molecule has 0 saturated carbocycles. The Balaban J connectivity index is 1.50. The lowest BCUT2D eigenvalue weighted by molar-refractivity contribution is 0.134. The van der Waals surface area contributed by atoms with Crippen LogP contribution in [0.3, 0.4) is 0 Å². The molecule has 1 fully saturated rings. The van der Waals surface area contributed by atoms with Crippen LogP contribution in [-0.2, 0) is 12.8 Å². The molecular formula is C23H29BN2O. The smallest absolute Gasteiger partial charge is 0.141 e. The molecule has 2 radical (unpaired) electrons. The molecule has 3 rings (SSSR count). The zero-order valence-electron chi connectivity index (χ0n) is 16.5. The van der Waals surface area contributed by atoms with E-state index in [4.69, 9.17) is 7.85 Å². The molecule has 0 atom stereocenters. The fourth-order valence-corrected chi connectivity index (χ4v) is 3.78. The number of aliphatic hydroxyl groups excluding tert-OH is 1. The first-order chi connectivity index (χ1) is 12.9. The Bertz CT molecular complexity index is 803. The molecule has 2 aliphatic heterocycles. The van der Waals surface area contributed by atoms with E-state index in [2.05, 4.69) is 43.2 Å². The molecule has 2 aliphatic rings. The summed E-state index contributed by atoms with van der Waals surface area (Å²) < 4.78 is 0. The van der Waals surface area contributed by atoms with Crippen LogP contribution in [0.15, 0.2) is 66.4 Å². The van der Waals surface area contributed by atoms with Crippen molar-refractivity contribution in [1.82, 2.24) is 9.80 Å². The molecule has 0 unspecified atom stereocenters. The van der Waals surface area contributed by atoms with Gasteiger partial charge in [-0.2, -0.15) is 0 Å². The van der Waals surface area contributed by atoms with E-state index in [0.29, 0.717) is 24.4 Å². The van der Waals surface area contributed by atoms with Gasteiger partial charge >= 0.3 is 0 Å². The van der Waals surface area contributed by atoms with E-state index in [1.165, 1.54) is 16.7 Å². The van der Waals surface area contributed by atoms with Gasteiger partial charge in [0, 0.05) is 30.6 Å². The van der Waals surface area contributed by atoms with Crippen LogP contribution in [0.25, 0.3) is 0 Å². The Morgan fingerprint density at radius 1 is 1.30 bits per heavy atom. The number of hydrogen-bond donors (Lipinski definition) is 1. The van der Waals surface area contributed by atoms with Crippen LogP contribution >= 0.6 is 0 Å². The van der Waals surface area contributed by atoms with Crippen molar-refractivity contribution in [2.75, 3.05) is 19.6 Å². The fourth-order valence-electron chi connectivity index (χ4n) is 3.78. The maximum Gasteiger partial charge on any atom is 0.141 e. The fraction of sp³-hybridized carbons (Fsp3) is 0.391. The third-order valence-electron chi connectivity index (χ3n) is 5.64. The van der Waals surface area contributed by atoms with Crippen molar-refractivity contribution in [3.8, 4) is 0 Å². The highest BCUT2D eigenvalue weighted by atomic mass is 16.3. The number of aryl methyl sites for hydroxylation is 2. The normalized spacial score (nSPS) is 17.5. The lowest BCUT2D eigenvalue weighted by Gasteiger charge is -2.43. The summed E-state index contributed by atoms with van der Waals surface area (Å²) in [6, 6.07) is 6.75. The van der Waals surface area contributed by atoms with Crippen LogP contribution in [0.2, 0.25) is 6.32 Å². The Morgan fingerprint density at radius 2 is 2.04 bits per heavy atom. The number of benzene rings is 1. The van der Waals surface area contributed by atoms with Crippen molar-refractivity contribution >= 4 is 7.85 Å². The minimum atomic E-state index is 0.264. The van der Waals surface area contributed by atoms with Gasteiger partial charge in [0.2, 0.25) is 0 Å². The molecule has 2 heterocycles. The molecule has 1 aromatic rings. The second-order valence-electron chi connectivity index (χ2n) is 7.74. The molecular weight excluding hydrogens is 331 g/mol. The predicted molar refractivity (Wildman–Crippen MR) is 114 cm³/mol. The van der Waals surface area contributed by atoms with Gasteiger partial charge in [-0.1, -0.05) is 37.7 Å². The van der Waals surface area contributed by atoms with Gasteiger partial charge in [-0.3, -0.25) is 0 Å². The summed E-state index contributed by atoms with van der Waals surface area (Å²) in [4.78, 5) is 4.37. The quantitative estimate of drug-likeness (QED) is 0.735. The van der Waals surface area contributed by atoms with E-state index < -0.39 is 0 Å². The molecule has 1 N–H and O–H groups in total. The Morgan fingerprint density at radius 3 is 2.70 bits per heavy atom. The Labute approximate surface area is 164 Å². The second-order valence-corrected chi connectivity index (χ2v) is 7.74. The van der Waals surface area contributed by atoms with Gasteiger partial charge in [-0.05, 0) is 55.4 Å². The van der Waals surface area contributed by atoms with Crippen molar-refractivity contribution in [3.63, 3.8) is 0 Å². The summed E-state index contributed by atoms with van der Waals surface area (Å²) in [7, 11) is 5.65. The second kappa shape index (κ2) is 8.12. The molecule has 0 aliphatic carbocycles. The number of hydrogen-bond acceptors (Lipinski definition) is 3. The van der Waals surface area contributed by atoms with Crippen molar-refractivity contribution in [2.24, 2.45) is 5.92 Å². The SMILES string of the molecule is [B]CCc1ccc(CC2CN(C(=C)CN3C=CC(=C)C(O)=C3C)C2)c(C)c1. The monoisotopic (exact) mass is 360 g/mol. The van der Waals surface area contributed by atoms with Crippen molar-refractivity contribution in [1.29, 1.82) is 0 Å². The molecule has 0 bridgehead atoms. The zero-order valence-corrected chi connectivity index (χ0v) is 16.5. The van der Waals surface area contributed by atoms with E-state index in [-0.39, 0.29) is 5.76 Å². The van der Waals surface area contributed by atoms with E-state index in [0.717, 1.165) is 37.3 Å². The van der Waals surface area contributed by atoms with Gasteiger partial charge in [0.05, 0.1) is 20.1 Å². The van der Waals surface area contributed by atoms with Crippen molar-refractivity contribution in [2.45, 2.75) is 33.0 Å². The minimum absolute atomic E-state index is 0.264. The first-order valence-corrected chi connectivity index (χ1v) is 9.64. The largest absolute Gasteiger partial charge is 0.506 e. The predicted octanol–water partition coefficient (Wildman–Crippen LogP) is 4.29. The Kier molecular flexibility index (Phi) is 5.84. The van der Waals surface area contributed by atoms with Gasteiger partial charge in [-0.15, -0.1) is 0 Å². The van der Waals surface area contributed by atoms with Crippen LogP contribution in [0.1, 0.15) is 23.6 Å². The highest BCUT2D eigenvalue weighted by Crippen LogP contribution is 2.28. The third-order valence-corrected chi connectivity index (χ3v) is 5.64. The number of nitrogens with zero attached hydrogens (tertiary/aromatic N) is 2. The van der Waals surface area contributed by atoms with Crippen LogP contribution in [0, 0.1) is 12.8 Å². The number of allylic oxidation sites excluding steroid dienone is 2. The Hall–Kier alpha value is -2.36. The minimum Gasteiger partial charge on any atom is -0.506 e. The number of likely N-dealkylation sites (tertiary alicyclic amines) is 1. The highest BCUT2D eigenvalue weighted by Gasteiger charge is 2.29. The topological polar surface area (TPSA) is 26.7 Å². The summed E-state index contributed by atoms with van der Waals surface area (Å²) in [5, 5.41) is 10.1. The van der Waals surface area contributed by atoms with Crippen molar-refractivity contribution < 1.29 is 5.11 Å².